The van der Waals surface area contributed by atoms with Crippen molar-refractivity contribution in [2.75, 3.05) is 6.54 Å². The number of nitrogens with zero attached hydrogens (tertiary/aromatic N) is 1. The lowest BCUT2D eigenvalue weighted by atomic mass is 10.1. The van der Waals surface area contributed by atoms with Crippen LogP contribution in [0.5, 0.6) is 11.5 Å². The first-order valence-corrected chi connectivity index (χ1v) is 10.9. The van der Waals surface area contributed by atoms with Gasteiger partial charge in [0.1, 0.15) is 17.5 Å². The number of hydrogen-bond acceptors (Lipinski definition) is 6. The number of fused-ring (bicyclic) bond motifs is 1. The molecule has 12 heteroatoms. The Morgan fingerprint density at radius 3 is 2.53 bits per heavy atom. The van der Waals surface area contributed by atoms with E-state index in [-0.39, 0.29) is 41.6 Å². The SMILES string of the molecule is NC(N)=NCCC[C@@H](NC(=O)c1ccc(OC(=O)c2c[nH]c3cc(Br)c(O)cc23)cc1)C(=O)O. The van der Waals surface area contributed by atoms with Crippen LogP contribution in [-0.2, 0) is 4.79 Å². The fraction of sp³-hybridized carbons (Fsp3) is 0.182. The molecule has 0 saturated carbocycles. The van der Waals surface area contributed by atoms with Gasteiger partial charge in [0.15, 0.2) is 5.96 Å². The van der Waals surface area contributed by atoms with Gasteiger partial charge in [-0.25, -0.2) is 9.59 Å². The first-order chi connectivity index (χ1) is 16.2. The normalized spacial score (nSPS) is 11.6. The number of hydrogen-bond donors (Lipinski definition) is 6. The van der Waals surface area contributed by atoms with Gasteiger partial charge in [0.05, 0.1) is 10.0 Å². The number of ether oxygens (including phenoxy) is 1. The number of carbonyl (C=O) groups excluding carboxylic acids is 2. The number of carboxylic acid groups (broad SMARTS) is 1. The van der Waals surface area contributed by atoms with Gasteiger partial charge in [-0.15, -0.1) is 0 Å². The van der Waals surface area contributed by atoms with Crippen molar-refractivity contribution in [2.45, 2.75) is 18.9 Å². The Morgan fingerprint density at radius 1 is 1.18 bits per heavy atom. The standard InChI is InChI=1S/C22H22BrN5O6/c23-15-9-17-13(8-18(15)29)14(10-27-17)21(33)34-12-5-3-11(4-6-12)19(30)28-16(20(31)32)2-1-7-26-22(24)25/h3-6,8-10,16,27,29H,1-2,7H2,(H,28,30)(H,31,32)(H4,24,25,26)/t16-/m1/s1. The van der Waals surface area contributed by atoms with Gasteiger partial charge in [-0.1, -0.05) is 0 Å². The number of H-pyrrole nitrogens is 1. The van der Waals surface area contributed by atoms with Crippen LogP contribution in [0.1, 0.15) is 33.6 Å². The summed E-state index contributed by atoms with van der Waals surface area (Å²) in [5, 5.41) is 22.2. The second-order valence-corrected chi connectivity index (χ2v) is 8.13. The number of aromatic nitrogens is 1. The molecule has 1 aromatic heterocycles. The molecule has 0 saturated heterocycles. The third-order valence-corrected chi connectivity index (χ3v) is 5.48. The molecular formula is C22H22BrN5O6. The van der Waals surface area contributed by atoms with Crippen molar-refractivity contribution in [3.8, 4) is 11.5 Å². The predicted octanol–water partition coefficient (Wildman–Crippen LogP) is 2.09. The van der Waals surface area contributed by atoms with Gasteiger partial charge in [0, 0.05) is 29.2 Å². The molecule has 1 heterocycles. The highest BCUT2D eigenvalue weighted by Crippen LogP contribution is 2.31. The minimum absolute atomic E-state index is 0.0209. The van der Waals surface area contributed by atoms with Gasteiger partial charge < -0.3 is 36.7 Å². The van der Waals surface area contributed by atoms with E-state index >= 15 is 0 Å². The number of rotatable bonds is 9. The number of nitrogens with two attached hydrogens (primary N) is 2. The zero-order valence-corrected chi connectivity index (χ0v) is 19.3. The molecule has 2 aromatic carbocycles. The van der Waals surface area contributed by atoms with Crippen molar-refractivity contribution in [1.82, 2.24) is 10.3 Å². The number of carbonyl (C=O) groups is 3. The van der Waals surface area contributed by atoms with E-state index in [0.29, 0.717) is 21.8 Å². The minimum atomic E-state index is -1.18. The Morgan fingerprint density at radius 2 is 1.88 bits per heavy atom. The Hall–Kier alpha value is -4.06. The topological polar surface area (TPSA) is 193 Å². The van der Waals surface area contributed by atoms with E-state index < -0.39 is 23.9 Å². The summed E-state index contributed by atoms with van der Waals surface area (Å²) in [6.07, 6.45) is 1.98. The summed E-state index contributed by atoms with van der Waals surface area (Å²) in [4.78, 5) is 43.2. The molecular weight excluding hydrogens is 510 g/mol. The smallest absolute Gasteiger partial charge is 0.345 e. The van der Waals surface area contributed by atoms with Crippen molar-refractivity contribution in [3.63, 3.8) is 0 Å². The van der Waals surface area contributed by atoms with Crippen LogP contribution in [0.2, 0.25) is 0 Å². The summed E-state index contributed by atoms with van der Waals surface area (Å²) in [6, 6.07) is 7.63. The Bertz CT molecular complexity index is 1250. The summed E-state index contributed by atoms with van der Waals surface area (Å²) in [6.45, 7) is 0.245. The third-order valence-electron chi connectivity index (χ3n) is 4.84. The molecule has 0 radical (unpaired) electrons. The number of aromatic hydroxyl groups is 1. The summed E-state index contributed by atoms with van der Waals surface area (Å²) >= 11 is 3.21. The first-order valence-electron chi connectivity index (χ1n) is 10.1. The highest BCUT2D eigenvalue weighted by atomic mass is 79.9. The number of halogens is 1. The van der Waals surface area contributed by atoms with Gasteiger partial charge in [-0.05, 0) is 65.2 Å². The zero-order chi connectivity index (χ0) is 24.8. The van der Waals surface area contributed by atoms with Crippen LogP contribution in [0.4, 0.5) is 0 Å². The van der Waals surface area contributed by atoms with E-state index in [2.05, 4.69) is 31.2 Å². The highest BCUT2D eigenvalue weighted by Gasteiger charge is 2.21. The van der Waals surface area contributed by atoms with E-state index in [9.17, 15) is 24.6 Å². The molecule has 1 atom stereocenters. The molecule has 0 aliphatic rings. The molecule has 0 spiro atoms. The lowest BCUT2D eigenvalue weighted by Crippen LogP contribution is -2.40. The lowest BCUT2D eigenvalue weighted by Gasteiger charge is -2.14. The average molecular weight is 532 g/mol. The Kier molecular flexibility index (Phi) is 7.74. The maximum atomic E-state index is 12.6. The molecule has 0 unspecified atom stereocenters. The van der Waals surface area contributed by atoms with E-state index in [1.54, 1.807) is 6.07 Å². The molecule has 0 fully saturated rings. The first kappa shape index (κ1) is 24.6. The van der Waals surface area contributed by atoms with Gasteiger partial charge in [0.25, 0.3) is 5.91 Å². The van der Waals surface area contributed by atoms with Crippen molar-refractivity contribution < 1.29 is 29.3 Å². The summed E-state index contributed by atoms with van der Waals surface area (Å²) < 4.78 is 5.85. The van der Waals surface area contributed by atoms with Crippen LogP contribution < -0.4 is 21.5 Å². The van der Waals surface area contributed by atoms with Crippen molar-refractivity contribution in [3.05, 3.63) is 58.2 Å². The monoisotopic (exact) mass is 531 g/mol. The quantitative estimate of drug-likeness (QED) is 0.0793. The second-order valence-electron chi connectivity index (χ2n) is 7.28. The lowest BCUT2D eigenvalue weighted by molar-refractivity contribution is -0.139. The number of nitrogens with one attached hydrogen (secondary N) is 2. The summed E-state index contributed by atoms with van der Waals surface area (Å²) in [5.41, 5.74) is 11.5. The molecule has 0 bridgehead atoms. The fourth-order valence-electron chi connectivity index (χ4n) is 3.14. The number of aliphatic imine (C=N–C) groups is 1. The van der Waals surface area contributed by atoms with Gasteiger partial charge >= 0.3 is 11.9 Å². The molecule has 178 valence electrons. The van der Waals surface area contributed by atoms with E-state index in [1.165, 1.54) is 36.5 Å². The molecule has 34 heavy (non-hydrogen) atoms. The van der Waals surface area contributed by atoms with Gasteiger partial charge in [0.2, 0.25) is 0 Å². The zero-order valence-electron chi connectivity index (χ0n) is 17.7. The molecule has 3 aromatic rings. The second kappa shape index (κ2) is 10.7. The van der Waals surface area contributed by atoms with Crippen LogP contribution in [-0.4, -0.2) is 51.6 Å². The van der Waals surface area contributed by atoms with Crippen LogP contribution in [0.3, 0.4) is 0 Å². The summed E-state index contributed by atoms with van der Waals surface area (Å²) in [7, 11) is 0. The van der Waals surface area contributed by atoms with Crippen molar-refractivity contribution in [2.24, 2.45) is 16.5 Å². The molecule has 0 aliphatic carbocycles. The minimum Gasteiger partial charge on any atom is -0.507 e. The van der Waals surface area contributed by atoms with Gasteiger partial charge in [-0.2, -0.15) is 0 Å². The van der Waals surface area contributed by atoms with E-state index in [0.717, 1.165) is 0 Å². The Balaban J connectivity index is 1.63. The van der Waals surface area contributed by atoms with Crippen LogP contribution in [0.25, 0.3) is 10.9 Å². The number of amides is 1. The Labute approximate surface area is 201 Å². The number of guanidine groups is 1. The maximum absolute atomic E-state index is 12.6. The number of aromatic amines is 1. The molecule has 0 aliphatic heterocycles. The largest absolute Gasteiger partial charge is 0.507 e. The van der Waals surface area contributed by atoms with Gasteiger partial charge in [-0.3, -0.25) is 9.79 Å². The average Bonchev–Trinajstić information content (AvgIpc) is 3.18. The number of esters is 1. The fourth-order valence-corrected chi connectivity index (χ4v) is 3.48. The number of phenols is 1. The molecule has 3 rings (SSSR count). The maximum Gasteiger partial charge on any atom is 0.345 e. The van der Waals surface area contributed by atoms with Crippen LogP contribution >= 0.6 is 15.9 Å². The number of benzene rings is 2. The van der Waals surface area contributed by atoms with Crippen LogP contribution in [0.15, 0.2) is 52.1 Å². The summed E-state index contributed by atoms with van der Waals surface area (Å²) in [5.74, 6) is -2.36. The predicted molar refractivity (Wildman–Crippen MR) is 128 cm³/mol. The van der Waals surface area contributed by atoms with Crippen molar-refractivity contribution in [1.29, 1.82) is 0 Å². The third kappa shape index (κ3) is 6.04. The molecule has 8 N–H and O–H groups in total. The van der Waals surface area contributed by atoms with Crippen molar-refractivity contribution >= 4 is 50.6 Å². The number of carboxylic acids is 1. The molecule has 11 nitrogen and oxygen atoms in total. The highest BCUT2D eigenvalue weighted by molar-refractivity contribution is 9.10. The van der Waals surface area contributed by atoms with E-state index in [1.807, 2.05) is 0 Å². The number of aliphatic carboxylic acids is 1. The number of phenolic OH excluding ortho intramolecular Hbond substituents is 1. The molecule has 1 amide bonds. The van der Waals surface area contributed by atoms with Crippen LogP contribution in [0, 0.1) is 0 Å². The van der Waals surface area contributed by atoms with E-state index in [4.69, 9.17) is 16.2 Å².